The maximum absolute atomic E-state index is 8.91. The highest BCUT2D eigenvalue weighted by Gasteiger charge is 2.07. The Morgan fingerprint density at radius 3 is 1.90 bits per heavy atom. The third kappa shape index (κ3) is 5.58. The van der Waals surface area contributed by atoms with Gasteiger partial charge in [0.1, 0.15) is 0 Å². The van der Waals surface area contributed by atoms with Crippen LogP contribution in [0.5, 0.6) is 0 Å². The SMILES string of the molecule is CC#N.OC1CCCCC1. The van der Waals surface area contributed by atoms with Crippen molar-refractivity contribution in [1.29, 1.82) is 5.26 Å². The molecule has 1 saturated carbocycles. The zero-order valence-corrected chi connectivity index (χ0v) is 6.51. The quantitative estimate of drug-likeness (QED) is 0.559. The van der Waals surface area contributed by atoms with Gasteiger partial charge in [0.2, 0.25) is 0 Å². The molecule has 0 aromatic carbocycles. The first-order valence-electron chi connectivity index (χ1n) is 3.80. The average Bonchev–Trinajstić information content (AvgIpc) is 1.91. The van der Waals surface area contributed by atoms with E-state index in [1.54, 1.807) is 6.07 Å². The monoisotopic (exact) mass is 141 g/mol. The first kappa shape index (κ1) is 9.45. The summed E-state index contributed by atoms with van der Waals surface area (Å²) in [6.07, 6.45) is 5.92. The molecule has 2 heteroatoms. The lowest BCUT2D eigenvalue weighted by molar-refractivity contribution is 0.130. The lowest BCUT2D eigenvalue weighted by Gasteiger charge is -2.14. The molecule has 1 aliphatic rings. The molecule has 0 spiro atoms. The Balaban J connectivity index is 0.000000236. The maximum atomic E-state index is 8.91. The summed E-state index contributed by atoms with van der Waals surface area (Å²) in [7, 11) is 0. The van der Waals surface area contributed by atoms with Gasteiger partial charge in [-0.3, -0.25) is 0 Å². The molecule has 0 radical (unpaired) electrons. The second kappa shape index (κ2) is 6.57. The molecule has 0 aromatic rings. The number of hydrogen-bond acceptors (Lipinski definition) is 2. The number of rotatable bonds is 0. The molecule has 10 heavy (non-hydrogen) atoms. The standard InChI is InChI=1S/C6H12O.C2H3N/c7-6-4-2-1-3-5-6;1-2-3/h6-7H,1-5H2;1H3. The summed E-state index contributed by atoms with van der Waals surface area (Å²) in [5.74, 6) is 0. The normalized spacial score (nSPS) is 18.5. The minimum Gasteiger partial charge on any atom is -0.393 e. The molecule has 0 saturated heterocycles. The van der Waals surface area contributed by atoms with Crippen LogP contribution >= 0.6 is 0 Å². The van der Waals surface area contributed by atoms with E-state index >= 15 is 0 Å². The average molecular weight is 141 g/mol. The van der Waals surface area contributed by atoms with E-state index in [0.29, 0.717) is 0 Å². The fourth-order valence-electron chi connectivity index (χ4n) is 1.08. The van der Waals surface area contributed by atoms with Gasteiger partial charge in [-0.05, 0) is 12.8 Å². The van der Waals surface area contributed by atoms with Crippen LogP contribution in [0, 0.1) is 11.3 Å². The second-order valence-corrected chi connectivity index (χ2v) is 2.52. The zero-order chi connectivity index (χ0) is 7.82. The zero-order valence-electron chi connectivity index (χ0n) is 6.51. The first-order valence-corrected chi connectivity index (χ1v) is 3.80. The van der Waals surface area contributed by atoms with Gasteiger partial charge < -0.3 is 5.11 Å². The lowest BCUT2D eigenvalue weighted by Crippen LogP contribution is -2.09. The van der Waals surface area contributed by atoms with E-state index in [-0.39, 0.29) is 6.10 Å². The van der Waals surface area contributed by atoms with Crippen LogP contribution in [0.3, 0.4) is 0 Å². The molecule has 0 atom stereocenters. The lowest BCUT2D eigenvalue weighted by atomic mass is 9.98. The number of hydrogen-bond donors (Lipinski definition) is 1. The van der Waals surface area contributed by atoms with E-state index in [4.69, 9.17) is 10.4 Å². The summed E-state index contributed by atoms with van der Waals surface area (Å²) in [4.78, 5) is 0. The molecular weight excluding hydrogens is 126 g/mol. The van der Waals surface area contributed by atoms with Crippen molar-refractivity contribution in [1.82, 2.24) is 0 Å². The summed E-state index contributed by atoms with van der Waals surface area (Å²) in [6.45, 7) is 1.43. The number of aliphatic hydroxyl groups excluding tert-OH is 1. The van der Waals surface area contributed by atoms with Crippen molar-refractivity contribution in [3.05, 3.63) is 0 Å². The van der Waals surface area contributed by atoms with E-state index in [1.807, 2.05) is 0 Å². The molecule has 0 unspecified atom stereocenters. The number of aliphatic hydroxyl groups is 1. The minimum atomic E-state index is 0.0359. The molecular formula is C8H15NO. The number of nitrogens with zero attached hydrogens (tertiary/aromatic N) is 1. The molecule has 0 aromatic heterocycles. The maximum Gasteiger partial charge on any atom is 0.0587 e. The summed E-state index contributed by atoms with van der Waals surface area (Å²) < 4.78 is 0. The van der Waals surface area contributed by atoms with Crippen LogP contribution < -0.4 is 0 Å². The van der Waals surface area contributed by atoms with Gasteiger partial charge in [0.25, 0.3) is 0 Å². The Bertz CT molecular complexity index is 100. The third-order valence-electron chi connectivity index (χ3n) is 1.57. The van der Waals surface area contributed by atoms with Crippen LogP contribution in [0.2, 0.25) is 0 Å². The van der Waals surface area contributed by atoms with Crippen molar-refractivity contribution in [3.8, 4) is 6.07 Å². The molecule has 0 bridgehead atoms. The predicted molar refractivity (Wildman–Crippen MR) is 40.4 cm³/mol. The van der Waals surface area contributed by atoms with Crippen LogP contribution in [0.25, 0.3) is 0 Å². The van der Waals surface area contributed by atoms with Crippen LogP contribution in [0.4, 0.5) is 0 Å². The van der Waals surface area contributed by atoms with Crippen LogP contribution in [-0.2, 0) is 0 Å². The van der Waals surface area contributed by atoms with Gasteiger partial charge in [0.05, 0.1) is 12.2 Å². The molecule has 1 N–H and O–H groups in total. The van der Waals surface area contributed by atoms with Crippen molar-refractivity contribution in [2.24, 2.45) is 0 Å². The topological polar surface area (TPSA) is 44.0 Å². The van der Waals surface area contributed by atoms with Gasteiger partial charge in [-0.15, -0.1) is 0 Å². The van der Waals surface area contributed by atoms with Gasteiger partial charge >= 0.3 is 0 Å². The molecule has 1 rings (SSSR count). The molecule has 1 fully saturated rings. The van der Waals surface area contributed by atoms with Gasteiger partial charge in [-0.1, -0.05) is 19.3 Å². The highest BCUT2D eigenvalue weighted by molar-refractivity contribution is 4.61. The van der Waals surface area contributed by atoms with Crippen LogP contribution in [-0.4, -0.2) is 11.2 Å². The third-order valence-corrected chi connectivity index (χ3v) is 1.57. The van der Waals surface area contributed by atoms with E-state index in [1.165, 1.54) is 26.2 Å². The first-order chi connectivity index (χ1) is 4.81. The highest BCUT2D eigenvalue weighted by Crippen LogP contribution is 2.16. The van der Waals surface area contributed by atoms with Crippen LogP contribution in [0.15, 0.2) is 0 Å². The highest BCUT2D eigenvalue weighted by atomic mass is 16.3. The summed E-state index contributed by atoms with van der Waals surface area (Å²) in [5, 5.41) is 16.2. The van der Waals surface area contributed by atoms with Gasteiger partial charge in [-0.25, -0.2) is 0 Å². The smallest absolute Gasteiger partial charge is 0.0587 e. The Labute approximate surface area is 62.5 Å². The molecule has 2 nitrogen and oxygen atoms in total. The second-order valence-electron chi connectivity index (χ2n) is 2.52. The summed E-state index contributed by atoms with van der Waals surface area (Å²) >= 11 is 0. The van der Waals surface area contributed by atoms with Crippen molar-refractivity contribution in [3.63, 3.8) is 0 Å². The van der Waals surface area contributed by atoms with Gasteiger partial charge in [0.15, 0.2) is 0 Å². The Morgan fingerprint density at radius 2 is 1.70 bits per heavy atom. The largest absolute Gasteiger partial charge is 0.393 e. The minimum absolute atomic E-state index is 0.0359. The van der Waals surface area contributed by atoms with Crippen molar-refractivity contribution < 1.29 is 5.11 Å². The van der Waals surface area contributed by atoms with Crippen molar-refractivity contribution in [2.75, 3.05) is 0 Å². The van der Waals surface area contributed by atoms with E-state index in [2.05, 4.69) is 0 Å². The Kier molecular flexibility index (Phi) is 6.21. The van der Waals surface area contributed by atoms with E-state index in [0.717, 1.165) is 12.8 Å². The van der Waals surface area contributed by atoms with E-state index < -0.39 is 0 Å². The number of nitriles is 1. The molecule has 0 heterocycles. The van der Waals surface area contributed by atoms with Crippen molar-refractivity contribution >= 4 is 0 Å². The van der Waals surface area contributed by atoms with E-state index in [9.17, 15) is 0 Å². The van der Waals surface area contributed by atoms with Gasteiger partial charge in [0, 0.05) is 6.92 Å². The molecule has 58 valence electrons. The van der Waals surface area contributed by atoms with Crippen molar-refractivity contribution in [2.45, 2.75) is 45.1 Å². The molecule has 0 aliphatic heterocycles. The fourth-order valence-corrected chi connectivity index (χ4v) is 1.08. The predicted octanol–water partition coefficient (Wildman–Crippen LogP) is 1.84. The van der Waals surface area contributed by atoms with Gasteiger partial charge in [-0.2, -0.15) is 5.26 Å². The molecule has 1 aliphatic carbocycles. The summed E-state index contributed by atoms with van der Waals surface area (Å²) in [6, 6.07) is 1.75. The summed E-state index contributed by atoms with van der Waals surface area (Å²) in [5.41, 5.74) is 0. The Hall–Kier alpha value is -0.550. The molecule has 0 amide bonds. The fraction of sp³-hybridized carbons (Fsp3) is 0.875. The van der Waals surface area contributed by atoms with Crippen LogP contribution in [0.1, 0.15) is 39.0 Å². The Morgan fingerprint density at radius 1 is 1.30 bits per heavy atom.